The fourth-order valence-corrected chi connectivity index (χ4v) is 2.60. The molecule has 0 spiro atoms. The average Bonchev–Trinajstić information content (AvgIpc) is 2.64. The van der Waals surface area contributed by atoms with Crippen molar-refractivity contribution in [3.05, 3.63) is 59.7 Å². The van der Waals surface area contributed by atoms with E-state index in [1.807, 2.05) is 38.1 Å². The van der Waals surface area contributed by atoms with E-state index in [0.717, 1.165) is 30.4 Å². The first-order valence-electron chi connectivity index (χ1n) is 9.10. The van der Waals surface area contributed by atoms with E-state index in [9.17, 15) is 9.59 Å². The maximum Gasteiger partial charge on any atom is 0.338 e. The van der Waals surface area contributed by atoms with Crippen LogP contribution in [0.5, 0.6) is 0 Å². The largest absolute Gasteiger partial charge is 0.462 e. The van der Waals surface area contributed by atoms with Gasteiger partial charge < -0.3 is 9.47 Å². The minimum absolute atomic E-state index is 0.184. The van der Waals surface area contributed by atoms with Crippen LogP contribution in [0.2, 0.25) is 0 Å². The van der Waals surface area contributed by atoms with Crippen molar-refractivity contribution < 1.29 is 19.1 Å². The molecular weight excluding hydrogens is 328 g/mol. The van der Waals surface area contributed by atoms with Gasteiger partial charge >= 0.3 is 11.9 Å². The molecule has 0 aliphatic heterocycles. The number of carbonyl (C=O) groups excluding carboxylic acids is 2. The lowest BCUT2D eigenvalue weighted by Gasteiger charge is -2.12. The Bertz CT molecular complexity index is 749. The molecule has 2 aromatic rings. The van der Waals surface area contributed by atoms with Crippen LogP contribution in [0.3, 0.4) is 0 Å². The third-order valence-electron chi connectivity index (χ3n) is 3.88. The molecule has 26 heavy (non-hydrogen) atoms. The number of rotatable bonds is 8. The molecule has 2 rings (SSSR count). The van der Waals surface area contributed by atoms with Gasteiger partial charge in [-0.15, -0.1) is 0 Å². The molecule has 0 amide bonds. The van der Waals surface area contributed by atoms with Gasteiger partial charge in [0.15, 0.2) is 0 Å². The van der Waals surface area contributed by atoms with Gasteiger partial charge in [-0.05, 0) is 49.6 Å². The Morgan fingerprint density at radius 1 is 0.962 bits per heavy atom. The van der Waals surface area contributed by atoms with Crippen LogP contribution < -0.4 is 0 Å². The molecule has 4 nitrogen and oxygen atoms in total. The minimum atomic E-state index is -0.374. The van der Waals surface area contributed by atoms with Gasteiger partial charge in [0.1, 0.15) is 0 Å². The SMILES string of the molecule is CCCCCOC(=O)c1ccccc1-c1cccc(C(=O)OC(C)C)c1. The highest BCUT2D eigenvalue weighted by atomic mass is 16.5. The third-order valence-corrected chi connectivity index (χ3v) is 3.88. The van der Waals surface area contributed by atoms with E-state index in [4.69, 9.17) is 9.47 Å². The number of ether oxygens (including phenoxy) is 2. The van der Waals surface area contributed by atoms with E-state index in [2.05, 4.69) is 6.92 Å². The summed E-state index contributed by atoms with van der Waals surface area (Å²) in [5.41, 5.74) is 2.48. The van der Waals surface area contributed by atoms with Crippen LogP contribution in [-0.2, 0) is 9.47 Å². The highest BCUT2D eigenvalue weighted by Crippen LogP contribution is 2.25. The molecule has 0 saturated heterocycles. The molecule has 0 heterocycles. The van der Waals surface area contributed by atoms with Crippen LogP contribution in [0.15, 0.2) is 48.5 Å². The van der Waals surface area contributed by atoms with Gasteiger partial charge in [-0.3, -0.25) is 0 Å². The topological polar surface area (TPSA) is 52.6 Å². The third kappa shape index (κ3) is 5.45. The zero-order valence-corrected chi connectivity index (χ0v) is 15.7. The van der Waals surface area contributed by atoms with Crippen molar-refractivity contribution in [1.29, 1.82) is 0 Å². The zero-order chi connectivity index (χ0) is 18.9. The number of hydrogen-bond acceptors (Lipinski definition) is 4. The molecule has 0 atom stereocenters. The first-order valence-corrected chi connectivity index (χ1v) is 9.10. The van der Waals surface area contributed by atoms with Gasteiger partial charge in [-0.1, -0.05) is 50.1 Å². The average molecular weight is 354 g/mol. The maximum atomic E-state index is 12.5. The van der Waals surface area contributed by atoms with Crippen molar-refractivity contribution in [2.75, 3.05) is 6.61 Å². The predicted molar refractivity (Wildman–Crippen MR) is 102 cm³/mol. The van der Waals surface area contributed by atoms with Crippen molar-refractivity contribution >= 4 is 11.9 Å². The lowest BCUT2D eigenvalue weighted by Crippen LogP contribution is -2.11. The van der Waals surface area contributed by atoms with Gasteiger partial charge in [-0.2, -0.15) is 0 Å². The molecule has 0 bridgehead atoms. The number of hydrogen-bond donors (Lipinski definition) is 0. The van der Waals surface area contributed by atoms with Gasteiger partial charge in [0.05, 0.1) is 23.8 Å². The quantitative estimate of drug-likeness (QED) is 0.479. The molecule has 0 radical (unpaired) electrons. The minimum Gasteiger partial charge on any atom is -0.462 e. The Morgan fingerprint density at radius 2 is 1.73 bits per heavy atom. The summed E-state index contributed by atoms with van der Waals surface area (Å²) in [7, 11) is 0. The Morgan fingerprint density at radius 3 is 2.46 bits per heavy atom. The predicted octanol–water partition coefficient (Wildman–Crippen LogP) is 5.27. The first kappa shape index (κ1) is 19.7. The molecule has 138 valence electrons. The van der Waals surface area contributed by atoms with Crippen LogP contribution in [0, 0.1) is 0 Å². The molecule has 0 fully saturated rings. The second-order valence-corrected chi connectivity index (χ2v) is 6.42. The van der Waals surface area contributed by atoms with Crippen LogP contribution >= 0.6 is 0 Å². The normalized spacial score (nSPS) is 10.6. The van der Waals surface area contributed by atoms with Crippen LogP contribution in [0.25, 0.3) is 11.1 Å². The first-order chi connectivity index (χ1) is 12.5. The fraction of sp³-hybridized carbons (Fsp3) is 0.364. The molecule has 0 aliphatic rings. The van der Waals surface area contributed by atoms with Gasteiger partial charge in [-0.25, -0.2) is 9.59 Å². The molecule has 2 aromatic carbocycles. The maximum absolute atomic E-state index is 12.5. The number of carbonyl (C=O) groups is 2. The van der Waals surface area contributed by atoms with Crippen LogP contribution in [0.4, 0.5) is 0 Å². The summed E-state index contributed by atoms with van der Waals surface area (Å²) >= 11 is 0. The summed E-state index contributed by atoms with van der Waals surface area (Å²) in [5.74, 6) is -0.715. The molecule has 0 N–H and O–H groups in total. The summed E-state index contributed by atoms with van der Waals surface area (Å²) in [5, 5.41) is 0. The number of unbranched alkanes of at least 4 members (excludes halogenated alkanes) is 2. The summed E-state index contributed by atoms with van der Waals surface area (Å²) in [6.45, 7) is 6.15. The summed E-state index contributed by atoms with van der Waals surface area (Å²) in [6, 6.07) is 14.4. The Kier molecular flexibility index (Phi) is 7.39. The second-order valence-electron chi connectivity index (χ2n) is 6.42. The van der Waals surface area contributed by atoms with E-state index in [1.54, 1.807) is 24.3 Å². The van der Waals surface area contributed by atoms with Crippen LogP contribution in [-0.4, -0.2) is 24.6 Å². The van der Waals surface area contributed by atoms with Gasteiger partial charge in [0, 0.05) is 0 Å². The van der Waals surface area contributed by atoms with E-state index in [0.29, 0.717) is 17.7 Å². The van der Waals surface area contributed by atoms with E-state index >= 15 is 0 Å². The summed E-state index contributed by atoms with van der Waals surface area (Å²) < 4.78 is 10.6. The number of benzene rings is 2. The van der Waals surface area contributed by atoms with Crippen molar-refractivity contribution in [2.45, 2.75) is 46.1 Å². The highest BCUT2D eigenvalue weighted by Gasteiger charge is 2.16. The summed E-state index contributed by atoms with van der Waals surface area (Å²) in [4.78, 5) is 24.6. The van der Waals surface area contributed by atoms with Crippen molar-refractivity contribution in [3.63, 3.8) is 0 Å². The van der Waals surface area contributed by atoms with Gasteiger partial charge in [0.25, 0.3) is 0 Å². The summed E-state index contributed by atoms with van der Waals surface area (Å²) in [6.07, 6.45) is 2.79. The lowest BCUT2D eigenvalue weighted by molar-refractivity contribution is 0.0377. The lowest BCUT2D eigenvalue weighted by atomic mass is 9.98. The standard InChI is InChI=1S/C22H26O4/c1-4-5-8-14-25-22(24)20-13-7-6-12-19(20)17-10-9-11-18(15-17)21(23)26-16(2)3/h6-7,9-13,15-16H,4-5,8,14H2,1-3H3. The van der Waals surface area contributed by atoms with Crippen molar-refractivity contribution in [3.8, 4) is 11.1 Å². The molecule has 4 heteroatoms. The van der Waals surface area contributed by atoms with Crippen molar-refractivity contribution in [1.82, 2.24) is 0 Å². The van der Waals surface area contributed by atoms with Crippen molar-refractivity contribution in [2.24, 2.45) is 0 Å². The fourth-order valence-electron chi connectivity index (χ4n) is 2.60. The monoisotopic (exact) mass is 354 g/mol. The molecule has 0 aromatic heterocycles. The van der Waals surface area contributed by atoms with E-state index in [1.165, 1.54) is 0 Å². The number of esters is 2. The van der Waals surface area contributed by atoms with E-state index in [-0.39, 0.29) is 18.0 Å². The highest BCUT2D eigenvalue weighted by molar-refractivity contribution is 5.98. The molecule has 0 saturated carbocycles. The van der Waals surface area contributed by atoms with E-state index < -0.39 is 0 Å². The van der Waals surface area contributed by atoms with Gasteiger partial charge in [0.2, 0.25) is 0 Å². The van der Waals surface area contributed by atoms with Crippen LogP contribution in [0.1, 0.15) is 60.7 Å². The molecular formula is C22H26O4. The molecule has 0 aliphatic carbocycles. The Balaban J connectivity index is 2.24. The second kappa shape index (κ2) is 9.76. The smallest absolute Gasteiger partial charge is 0.338 e. The zero-order valence-electron chi connectivity index (χ0n) is 15.7. The molecule has 0 unspecified atom stereocenters. The Hall–Kier alpha value is -2.62. The Labute approximate surface area is 155 Å².